The van der Waals surface area contributed by atoms with Gasteiger partial charge in [0, 0.05) is 0 Å². The molecular formula is C6H7F4NO4. The molecule has 0 aromatic rings. The van der Waals surface area contributed by atoms with Crippen LogP contribution in [0.5, 0.6) is 0 Å². The number of esters is 1. The Morgan fingerprint density at radius 2 is 1.87 bits per heavy atom. The summed E-state index contributed by atoms with van der Waals surface area (Å²) in [4.78, 5) is 20.9. The van der Waals surface area contributed by atoms with Gasteiger partial charge in [-0.15, -0.1) is 0 Å². The van der Waals surface area contributed by atoms with Crippen molar-refractivity contribution >= 4 is 11.9 Å². The summed E-state index contributed by atoms with van der Waals surface area (Å²) in [5, 5.41) is 9.60. The maximum absolute atomic E-state index is 12.2. The molecule has 0 saturated heterocycles. The third kappa shape index (κ3) is 2.78. The lowest BCUT2D eigenvalue weighted by Gasteiger charge is -2.27. The molecule has 1 unspecified atom stereocenters. The molecule has 0 fully saturated rings. The zero-order chi connectivity index (χ0) is 12.3. The molecule has 1 amide bonds. The van der Waals surface area contributed by atoms with Gasteiger partial charge in [0.15, 0.2) is 6.67 Å². The van der Waals surface area contributed by atoms with Gasteiger partial charge in [-0.1, -0.05) is 0 Å². The van der Waals surface area contributed by atoms with Crippen molar-refractivity contribution in [2.75, 3.05) is 13.8 Å². The molecule has 0 aromatic carbocycles. The maximum atomic E-state index is 12.2. The third-order valence-electron chi connectivity index (χ3n) is 1.33. The highest BCUT2D eigenvalue weighted by Crippen LogP contribution is 2.29. The van der Waals surface area contributed by atoms with Gasteiger partial charge < -0.3 is 15.2 Å². The van der Waals surface area contributed by atoms with E-state index in [0.717, 1.165) is 5.32 Å². The molecule has 0 bridgehead atoms. The van der Waals surface area contributed by atoms with E-state index in [9.17, 15) is 27.2 Å². The number of nitrogens with one attached hydrogen (secondary N) is 1. The fourth-order valence-corrected chi connectivity index (χ4v) is 0.621. The molecule has 9 heteroatoms. The molecule has 5 nitrogen and oxygen atoms in total. The molecule has 0 aromatic heterocycles. The molecular weight excluding hydrogens is 226 g/mol. The van der Waals surface area contributed by atoms with Crippen molar-refractivity contribution in [2.45, 2.75) is 11.9 Å². The van der Waals surface area contributed by atoms with Gasteiger partial charge in [0.2, 0.25) is 0 Å². The Kier molecular flexibility index (Phi) is 4.02. The predicted octanol–water partition coefficient (Wildman–Crippen LogP) is -0.504. The van der Waals surface area contributed by atoms with E-state index in [2.05, 4.69) is 4.74 Å². The summed E-state index contributed by atoms with van der Waals surface area (Å²) >= 11 is 0. The number of carbonyl (C=O) groups excluding carboxylic acids is 2. The van der Waals surface area contributed by atoms with Crippen LogP contribution in [0.25, 0.3) is 0 Å². The zero-order valence-electron chi connectivity index (χ0n) is 7.39. The molecule has 88 valence electrons. The van der Waals surface area contributed by atoms with Crippen LogP contribution < -0.4 is 5.32 Å². The lowest BCUT2D eigenvalue weighted by molar-refractivity contribution is -0.270. The summed E-state index contributed by atoms with van der Waals surface area (Å²) < 4.78 is 51.7. The Bertz CT molecular complexity index is 266. The smallest absolute Gasteiger partial charge is 0.448 e. The largest absolute Gasteiger partial charge is 0.465 e. The van der Waals surface area contributed by atoms with Crippen LogP contribution in [0.2, 0.25) is 0 Å². The van der Waals surface area contributed by atoms with E-state index < -0.39 is 30.5 Å². The maximum Gasteiger partial charge on any atom is 0.448 e. The Morgan fingerprint density at radius 1 is 1.40 bits per heavy atom. The van der Waals surface area contributed by atoms with E-state index >= 15 is 0 Å². The number of ether oxygens (including phenoxy) is 1. The van der Waals surface area contributed by atoms with E-state index in [4.69, 9.17) is 5.11 Å². The number of carbonyl (C=O) groups is 2. The van der Waals surface area contributed by atoms with Crippen LogP contribution in [0.4, 0.5) is 17.6 Å². The van der Waals surface area contributed by atoms with Gasteiger partial charge in [-0.2, -0.15) is 13.2 Å². The molecule has 1 atom stereocenters. The topological polar surface area (TPSA) is 75.6 Å². The van der Waals surface area contributed by atoms with Crippen molar-refractivity contribution in [2.24, 2.45) is 0 Å². The Labute approximate surface area is 81.0 Å². The van der Waals surface area contributed by atoms with Crippen molar-refractivity contribution in [1.82, 2.24) is 5.32 Å². The Hall–Kier alpha value is -1.38. The first kappa shape index (κ1) is 13.6. The molecule has 0 aliphatic rings. The second-order valence-electron chi connectivity index (χ2n) is 2.38. The molecule has 0 radical (unpaired) electrons. The molecule has 0 rings (SSSR count). The van der Waals surface area contributed by atoms with Crippen LogP contribution in [-0.4, -0.2) is 42.7 Å². The van der Waals surface area contributed by atoms with E-state index in [-0.39, 0.29) is 0 Å². The van der Waals surface area contributed by atoms with Crippen LogP contribution in [0.3, 0.4) is 0 Å². The van der Waals surface area contributed by atoms with Gasteiger partial charge in [0.1, 0.15) is 0 Å². The summed E-state index contributed by atoms with van der Waals surface area (Å²) in [7, 11) is 0.570. The average molecular weight is 233 g/mol. The van der Waals surface area contributed by atoms with Gasteiger partial charge in [-0.05, 0) is 0 Å². The minimum Gasteiger partial charge on any atom is -0.465 e. The third-order valence-corrected chi connectivity index (χ3v) is 1.33. The minimum atomic E-state index is -5.51. The number of methoxy groups -OCH3 is 1. The predicted molar refractivity (Wildman–Crippen MR) is 37.1 cm³/mol. The van der Waals surface area contributed by atoms with Gasteiger partial charge in [0.25, 0.3) is 5.91 Å². The molecule has 0 spiro atoms. The summed E-state index contributed by atoms with van der Waals surface area (Å²) in [5.41, 5.74) is -4.23. The molecule has 15 heavy (non-hydrogen) atoms. The number of hydrogen-bond acceptors (Lipinski definition) is 4. The van der Waals surface area contributed by atoms with E-state index in [1.165, 1.54) is 0 Å². The van der Waals surface area contributed by atoms with E-state index in [1.54, 1.807) is 0 Å². The minimum absolute atomic E-state index is 0.570. The first-order valence-corrected chi connectivity index (χ1v) is 3.43. The molecule has 2 N–H and O–H groups in total. The number of amides is 1. The van der Waals surface area contributed by atoms with Gasteiger partial charge in [-0.25, -0.2) is 9.18 Å². The summed E-state index contributed by atoms with van der Waals surface area (Å²) in [5.74, 6) is -3.95. The van der Waals surface area contributed by atoms with Gasteiger partial charge >= 0.3 is 17.9 Å². The standard InChI is InChI=1S/C6H7F4NO4/c1-15-4(13)5(14,6(8,9)10)11-3(12)2-7/h14H,2H2,1H3,(H,11,12). The van der Waals surface area contributed by atoms with Gasteiger partial charge in [-0.3, -0.25) is 4.79 Å². The SMILES string of the molecule is COC(=O)C(O)(NC(=O)CF)C(F)(F)F. The first-order valence-electron chi connectivity index (χ1n) is 3.43. The lowest BCUT2D eigenvalue weighted by atomic mass is 10.2. The Balaban J connectivity index is 5.04. The highest BCUT2D eigenvalue weighted by Gasteiger charge is 2.62. The van der Waals surface area contributed by atoms with Crippen LogP contribution in [0.1, 0.15) is 0 Å². The second-order valence-corrected chi connectivity index (χ2v) is 2.38. The number of alkyl halides is 4. The molecule has 0 aliphatic heterocycles. The zero-order valence-corrected chi connectivity index (χ0v) is 7.39. The number of halogens is 4. The Morgan fingerprint density at radius 3 is 2.13 bits per heavy atom. The summed E-state index contributed by atoms with van der Waals surface area (Å²) in [6.45, 7) is -1.81. The van der Waals surface area contributed by atoms with E-state index in [1.807, 2.05) is 0 Å². The quantitative estimate of drug-likeness (QED) is 0.391. The molecule has 0 heterocycles. The highest BCUT2D eigenvalue weighted by molar-refractivity contribution is 5.87. The van der Waals surface area contributed by atoms with Crippen molar-refractivity contribution in [3.63, 3.8) is 0 Å². The number of aliphatic hydroxyl groups is 1. The number of hydrogen-bond donors (Lipinski definition) is 2. The average Bonchev–Trinajstić information content (AvgIpc) is 2.14. The van der Waals surface area contributed by atoms with Gasteiger partial charge in [0.05, 0.1) is 7.11 Å². The monoisotopic (exact) mass is 233 g/mol. The second kappa shape index (κ2) is 4.43. The molecule has 0 aliphatic carbocycles. The van der Waals surface area contributed by atoms with Crippen LogP contribution in [-0.2, 0) is 14.3 Å². The van der Waals surface area contributed by atoms with Crippen LogP contribution in [0.15, 0.2) is 0 Å². The lowest BCUT2D eigenvalue weighted by Crippen LogP contribution is -2.64. The van der Waals surface area contributed by atoms with Crippen LogP contribution >= 0.6 is 0 Å². The highest BCUT2D eigenvalue weighted by atomic mass is 19.4. The van der Waals surface area contributed by atoms with Crippen molar-refractivity contribution < 1.29 is 37.0 Å². The fraction of sp³-hybridized carbons (Fsp3) is 0.667. The number of rotatable bonds is 3. The first-order chi connectivity index (χ1) is 6.69. The van der Waals surface area contributed by atoms with Crippen molar-refractivity contribution in [3.05, 3.63) is 0 Å². The van der Waals surface area contributed by atoms with Crippen molar-refractivity contribution in [3.8, 4) is 0 Å². The fourth-order valence-electron chi connectivity index (χ4n) is 0.621. The normalized spacial score (nSPS) is 15.3. The van der Waals surface area contributed by atoms with Crippen molar-refractivity contribution in [1.29, 1.82) is 0 Å². The van der Waals surface area contributed by atoms with E-state index in [0.29, 0.717) is 7.11 Å². The summed E-state index contributed by atoms with van der Waals surface area (Å²) in [6.07, 6.45) is -5.51. The van der Waals surface area contributed by atoms with Crippen LogP contribution in [0, 0.1) is 0 Å². The molecule has 0 saturated carbocycles. The summed E-state index contributed by atoms with van der Waals surface area (Å²) in [6, 6.07) is 0.